The lowest BCUT2D eigenvalue weighted by atomic mass is 10.1. The summed E-state index contributed by atoms with van der Waals surface area (Å²) in [6.07, 6.45) is 3.69. The van der Waals surface area contributed by atoms with E-state index in [1.165, 1.54) is 6.20 Å². The minimum Gasteiger partial charge on any atom is -0.481 e. The lowest BCUT2D eigenvalue weighted by Gasteiger charge is -2.16. The molecular formula is C17H15ClN2O3. The number of nitrogens with zero attached hydrogens (tertiary/aromatic N) is 2. The summed E-state index contributed by atoms with van der Waals surface area (Å²) < 4.78 is 0. The van der Waals surface area contributed by atoms with Gasteiger partial charge in [0.25, 0.3) is 5.91 Å². The maximum Gasteiger partial charge on any atom is 0.308 e. The number of benzene rings is 1. The van der Waals surface area contributed by atoms with E-state index in [2.05, 4.69) is 4.98 Å². The molecule has 2 aromatic rings. The number of hydrogen-bond acceptors (Lipinski definition) is 3. The molecule has 1 saturated heterocycles. The number of carbonyl (C=O) groups is 2. The Hall–Kier alpha value is -2.40. The third-order valence-electron chi connectivity index (χ3n) is 3.99. The smallest absolute Gasteiger partial charge is 0.308 e. The van der Waals surface area contributed by atoms with Crippen molar-refractivity contribution in [3.8, 4) is 11.1 Å². The van der Waals surface area contributed by atoms with Crippen molar-refractivity contribution >= 4 is 23.5 Å². The van der Waals surface area contributed by atoms with E-state index in [9.17, 15) is 9.59 Å². The number of pyridine rings is 1. The first-order valence-electron chi connectivity index (χ1n) is 7.27. The molecule has 1 fully saturated rings. The first kappa shape index (κ1) is 15.5. The lowest BCUT2D eigenvalue weighted by Crippen LogP contribution is -2.30. The van der Waals surface area contributed by atoms with Gasteiger partial charge >= 0.3 is 5.97 Å². The van der Waals surface area contributed by atoms with Crippen LogP contribution in [-0.2, 0) is 4.79 Å². The molecule has 1 aliphatic rings. The highest BCUT2D eigenvalue weighted by atomic mass is 35.5. The fraction of sp³-hybridized carbons (Fsp3) is 0.235. The second-order valence-electron chi connectivity index (χ2n) is 5.54. The Labute approximate surface area is 138 Å². The van der Waals surface area contributed by atoms with E-state index in [1.807, 2.05) is 12.1 Å². The quantitative estimate of drug-likeness (QED) is 0.939. The van der Waals surface area contributed by atoms with Gasteiger partial charge in [-0.25, -0.2) is 0 Å². The number of halogens is 1. The van der Waals surface area contributed by atoms with Crippen LogP contribution in [0.4, 0.5) is 0 Å². The molecule has 1 aromatic heterocycles. The van der Waals surface area contributed by atoms with E-state index >= 15 is 0 Å². The molecule has 5 nitrogen and oxygen atoms in total. The Balaban J connectivity index is 1.81. The van der Waals surface area contributed by atoms with Crippen LogP contribution < -0.4 is 0 Å². The van der Waals surface area contributed by atoms with Crippen LogP contribution in [-0.4, -0.2) is 40.0 Å². The Kier molecular flexibility index (Phi) is 4.30. The summed E-state index contributed by atoms with van der Waals surface area (Å²) in [5.41, 5.74) is 2.20. The van der Waals surface area contributed by atoms with Crippen molar-refractivity contribution < 1.29 is 14.7 Å². The van der Waals surface area contributed by atoms with Gasteiger partial charge in [0, 0.05) is 36.1 Å². The lowest BCUT2D eigenvalue weighted by molar-refractivity contribution is -0.141. The summed E-state index contributed by atoms with van der Waals surface area (Å²) in [7, 11) is 0. The number of carboxylic acid groups (broad SMARTS) is 1. The van der Waals surface area contributed by atoms with Gasteiger partial charge in [-0.05, 0) is 30.2 Å². The van der Waals surface area contributed by atoms with E-state index < -0.39 is 11.9 Å². The number of hydrogen-bond donors (Lipinski definition) is 1. The minimum atomic E-state index is -0.853. The van der Waals surface area contributed by atoms with Crippen molar-refractivity contribution in [1.82, 2.24) is 9.88 Å². The highest BCUT2D eigenvalue weighted by molar-refractivity contribution is 6.30. The molecule has 118 valence electrons. The van der Waals surface area contributed by atoms with Crippen molar-refractivity contribution in [3.63, 3.8) is 0 Å². The standard InChI is InChI=1S/C17H15ClN2O3/c18-15-3-1-11(2-4-15)13-7-14(9-19-8-13)16(21)20-6-5-12(10-20)17(22)23/h1-4,7-9,12H,5-6,10H2,(H,22,23)/t12-/m1/s1. The van der Waals surface area contributed by atoms with E-state index in [-0.39, 0.29) is 12.5 Å². The highest BCUT2D eigenvalue weighted by Gasteiger charge is 2.31. The molecule has 23 heavy (non-hydrogen) atoms. The van der Waals surface area contributed by atoms with E-state index in [0.29, 0.717) is 23.6 Å². The average molecular weight is 331 g/mol. The molecule has 0 unspecified atom stereocenters. The largest absolute Gasteiger partial charge is 0.481 e. The topological polar surface area (TPSA) is 70.5 Å². The van der Waals surface area contributed by atoms with Gasteiger partial charge in [0.05, 0.1) is 11.5 Å². The van der Waals surface area contributed by atoms with Crippen LogP contribution in [0, 0.1) is 5.92 Å². The van der Waals surface area contributed by atoms with Crippen LogP contribution in [0.3, 0.4) is 0 Å². The Morgan fingerprint density at radius 3 is 2.57 bits per heavy atom. The van der Waals surface area contributed by atoms with Crippen LogP contribution >= 0.6 is 11.6 Å². The molecule has 0 bridgehead atoms. The summed E-state index contributed by atoms with van der Waals surface area (Å²) in [4.78, 5) is 29.2. The summed E-state index contributed by atoms with van der Waals surface area (Å²) in [6.45, 7) is 0.709. The van der Waals surface area contributed by atoms with Crippen molar-refractivity contribution in [2.24, 2.45) is 5.92 Å². The predicted molar refractivity (Wildman–Crippen MR) is 86.3 cm³/mol. The summed E-state index contributed by atoms with van der Waals surface area (Å²) in [5, 5.41) is 9.68. The molecule has 0 spiro atoms. The van der Waals surface area contributed by atoms with Gasteiger partial charge in [0.15, 0.2) is 0 Å². The number of rotatable bonds is 3. The molecule has 1 aromatic carbocycles. The number of aliphatic carboxylic acids is 1. The van der Waals surface area contributed by atoms with Gasteiger partial charge < -0.3 is 10.0 Å². The molecule has 0 radical (unpaired) electrons. The second-order valence-corrected chi connectivity index (χ2v) is 5.98. The average Bonchev–Trinajstić information content (AvgIpc) is 3.05. The molecular weight excluding hydrogens is 316 g/mol. The number of likely N-dealkylation sites (tertiary alicyclic amines) is 1. The molecule has 6 heteroatoms. The maximum atomic E-state index is 12.5. The zero-order valence-electron chi connectivity index (χ0n) is 12.3. The van der Waals surface area contributed by atoms with Crippen LogP contribution in [0.2, 0.25) is 5.02 Å². The zero-order valence-corrected chi connectivity index (χ0v) is 13.0. The fourth-order valence-corrected chi connectivity index (χ4v) is 2.81. The van der Waals surface area contributed by atoms with Crippen LogP contribution in [0.1, 0.15) is 16.8 Å². The number of aromatic nitrogens is 1. The molecule has 3 rings (SSSR count). The monoisotopic (exact) mass is 330 g/mol. The number of carboxylic acids is 1. The third kappa shape index (κ3) is 3.35. The molecule has 0 aliphatic carbocycles. The minimum absolute atomic E-state index is 0.183. The molecule has 2 heterocycles. The van der Waals surface area contributed by atoms with Gasteiger partial charge in [-0.1, -0.05) is 23.7 Å². The Morgan fingerprint density at radius 2 is 1.91 bits per heavy atom. The highest BCUT2D eigenvalue weighted by Crippen LogP contribution is 2.23. The Morgan fingerprint density at radius 1 is 1.17 bits per heavy atom. The third-order valence-corrected chi connectivity index (χ3v) is 4.24. The van der Waals surface area contributed by atoms with Gasteiger partial charge in [-0.15, -0.1) is 0 Å². The van der Waals surface area contributed by atoms with Gasteiger partial charge in [-0.3, -0.25) is 14.6 Å². The van der Waals surface area contributed by atoms with Crippen molar-refractivity contribution in [1.29, 1.82) is 0 Å². The van der Waals surface area contributed by atoms with E-state index in [1.54, 1.807) is 29.3 Å². The van der Waals surface area contributed by atoms with Gasteiger partial charge in [0.2, 0.25) is 0 Å². The molecule has 1 aliphatic heterocycles. The molecule has 1 N–H and O–H groups in total. The Bertz CT molecular complexity index is 746. The van der Waals surface area contributed by atoms with Crippen molar-refractivity contribution in [2.45, 2.75) is 6.42 Å². The van der Waals surface area contributed by atoms with Crippen LogP contribution in [0.15, 0.2) is 42.7 Å². The SMILES string of the molecule is O=C(O)[C@@H]1CCN(C(=O)c2cncc(-c3ccc(Cl)cc3)c2)C1. The van der Waals surface area contributed by atoms with Gasteiger partial charge in [0.1, 0.15) is 0 Å². The first-order valence-corrected chi connectivity index (χ1v) is 7.65. The zero-order chi connectivity index (χ0) is 16.4. The molecule has 0 saturated carbocycles. The normalized spacial score (nSPS) is 17.3. The summed E-state index contributed by atoms with van der Waals surface area (Å²) in [6, 6.07) is 9.06. The molecule has 1 amide bonds. The summed E-state index contributed by atoms with van der Waals surface area (Å²) in [5.74, 6) is -1.52. The van der Waals surface area contributed by atoms with Crippen LogP contribution in [0.5, 0.6) is 0 Å². The van der Waals surface area contributed by atoms with E-state index in [0.717, 1.165) is 11.1 Å². The first-order chi connectivity index (χ1) is 11.0. The maximum absolute atomic E-state index is 12.5. The fourth-order valence-electron chi connectivity index (χ4n) is 2.69. The van der Waals surface area contributed by atoms with E-state index in [4.69, 9.17) is 16.7 Å². The predicted octanol–water partition coefficient (Wildman–Crippen LogP) is 2.95. The second kappa shape index (κ2) is 6.38. The van der Waals surface area contributed by atoms with Crippen molar-refractivity contribution in [2.75, 3.05) is 13.1 Å². The van der Waals surface area contributed by atoms with Crippen molar-refractivity contribution in [3.05, 3.63) is 53.3 Å². The van der Waals surface area contributed by atoms with Crippen LogP contribution in [0.25, 0.3) is 11.1 Å². The molecule has 1 atom stereocenters. The summed E-state index contributed by atoms with van der Waals surface area (Å²) >= 11 is 5.88. The number of carbonyl (C=O) groups excluding carboxylic acids is 1. The number of amides is 1. The van der Waals surface area contributed by atoms with Gasteiger partial charge in [-0.2, -0.15) is 0 Å².